The summed E-state index contributed by atoms with van der Waals surface area (Å²) in [5.41, 5.74) is 2.58. The Balaban J connectivity index is 1.61. The third-order valence-corrected chi connectivity index (χ3v) is 7.21. The van der Waals surface area contributed by atoms with Crippen molar-refractivity contribution in [2.45, 2.75) is 24.5 Å². The first-order valence-corrected chi connectivity index (χ1v) is 12.2. The molecule has 1 aliphatic heterocycles. The van der Waals surface area contributed by atoms with Crippen LogP contribution in [0, 0.1) is 5.82 Å². The van der Waals surface area contributed by atoms with Crippen LogP contribution in [0.1, 0.15) is 24.3 Å². The smallest absolute Gasteiger partial charge is 0.432 e. The summed E-state index contributed by atoms with van der Waals surface area (Å²) in [6.45, 7) is 2.34. The molecular formula is C24H23FN2O7S. The average molecular weight is 503 g/mol. The van der Waals surface area contributed by atoms with Crippen molar-refractivity contribution in [1.82, 2.24) is 9.79 Å². The molecule has 3 aromatic rings. The summed E-state index contributed by atoms with van der Waals surface area (Å²) in [4.78, 5) is 11.4. The molecule has 0 spiro atoms. The summed E-state index contributed by atoms with van der Waals surface area (Å²) < 4.78 is 58.7. The molecule has 0 fully saturated rings. The predicted octanol–water partition coefficient (Wildman–Crippen LogP) is 4.38. The molecule has 11 heteroatoms. The topological polar surface area (TPSA) is 114 Å². The Bertz CT molecular complexity index is 1320. The van der Waals surface area contributed by atoms with E-state index in [1.54, 1.807) is 48.5 Å². The third kappa shape index (κ3) is 5.21. The molecule has 1 unspecified atom stereocenters. The number of ether oxygens (including phenoxy) is 3. The number of nitrogens with zero attached hydrogens (tertiary/aromatic N) is 1. The van der Waals surface area contributed by atoms with Gasteiger partial charge < -0.3 is 14.2 Å². The first-order valence-electron chi connectivity index (χ1n) is 10.7. The van der Waals surface area contributed by atoms with E-state index in [1.165, 1.54) is 17.6 Å². The molecule has 4 rings (SSSR count). The van der Waals surface area contributed by atoms with E-state index in [4.69, 9.17) is 19.4 Å². The summed E-state index contributed by atoms with van der Waals surface area (Å²) >= 11 is 0. The van der Waals surface area contributed by atoms with Crippen LogP contribution in [0.5, 0.6) is 17.2 Å². The van der Waals surface area contributed by atoms with Gasteiger partial charge in [-0.25, -0.2) is 23.1 Å². The molecule has 1 atom stereocenters. The van der Waals surface area contributed by atoms with E-state index < -0.39 is 28.2 Å². The second-order valence-corrected chi connectivity index (χ2v) is 9.42. The van der Waals surface area contributed by atoms with Gasteiger partial charge in [-0.05, 0) is 61.4 Å². The molecule has 0 aliphatic carbocycles. The van der Waals surface area contributed by atoms with Gasteiger partial charge in [0.25, 0.3) is 0 Å². The molecule has 0 bridgehead atoms. The third-order valence-electron chi connectivity index (χ3n) is 5.37. The summed E-state index contributed by atoms with van der Waals surface area (Å²) in [6, 6.07) is 16.7. The number of benzene rings is 3. The van der Waals surface area contributed by atoms with E-state index >= 15 is 0 Å². The fourth-order valence-corrected chi connectivity index (χ4v) is 5.26. The minimum absolute atomic E-state index is 0.0191. The average Bonchev–Trinajstić information content (AvgIpc) is 2.86. The normalized spacial score (nSPS) is 15.7. The molecule has 0 saturated carbocycles. The Hall–Kier alpha value is -3.67. The molecule has 3 aromatic carbocycles. The van der Waals surface area contributed by atoms with E-state index in [-0.39, 0.29) is 17.2 Å². The van der Waals surface area contributed by atoms with Crippen molar-refractivity contribution < 1.29 is 37.0 Å². The van der Waals surface area contributed by atoms with Gasteiger partial charge >= 0.3 is 6.09 Å². The van der Waals surface area contributed by atoms with Gasteiger partial charge in [0, 0.05) is 12.1 Å². The van der Waals surface area contributed by atoms with Gasteiger partial charge in [-0.2, -0.15) is 4.31 Å². The fourth-order valence-electron chi connectivity index (χ4n) is 3.76. The Morgan fingerprint density at radius 1 is 1.11 bits per heavy atom. The van der Waals surface area contributed by atoms with Crippen LogP contribution in [0.3, 0.4) is 0 Å². The van der Waals surface area contributed by atoms with Crippen molar-refractivity contribution in [2.75, 3.05) is 13.2 Å². The molecule has 0 radical (unpaired) electrons. The van der Waals surface area contributed by atoms with Gasteiger partial charge in [-0.15, -0.1) is 0 Å². The Kier molecular flexibility index (Phi) is 7.20. The number of sulfonamides is 1. The Morgan fingerprint density at radius 3 is 2.51 bits per heavy atom. The summed E-state index contributed by atoms with van der Waals surface area (Å²) in [5.74, 6) is -0.0666. The first kappa shape index (κ1) is 24.5. The van der Waals surface area contributed by atoms with Crippen LogP contribution in [0.15, 0.2) is 71.6 Å². The summed E-state index contributed by atoms with van der Waals surface area (Å²) in [6.07, 6.45) is -2.21. The number of fused-ring (bicyclic) bond motifs is 1. The lowest BCUT2D eigenvalue weighted by Crippen LogP contribution is -2.43. The lowest BCUT2D eigenvalue weighted by molar-refractivity contribution is 0.00235. The SMILES string of the molecule is CCOc1ccc(Oc2ccc(S(=O)(=O)N3CCc4ccccc4C3OC(=O)NO)cc2F)cc1. The zero-order valence-corrected chi connectivity index (χ0v) is 19.5. The highest BCUT2D eigenvalue weighted by Crippen LogP contribution is 2.36. The number of halogens is 1. The number of amides is 1. The van der Waals surface area contributed by atoms with E-state index in [0.29, 0.717) is 30.1 Å². The molecule has 0 aromatic heterocycles. The number of rotatable bonds is 7. The second kappa shape index (κ2) is 10.3. The van der Waals surface area contributed by atoms with Crippen LogP contribution < -0.4 is 15.0 Å². The largest absolute Gasteiger partial charge is 0.494 e. The van der Waals surface area contributed by atoms with E-state index in [1.807, 2.05) is 6.92 Å². The maximum absolute atomic E-state index is 14.9. The molecule has 9 nitrogen and oxygen atoms in total. The van der Waals surface area contributed by atoms with Crippen LogP contribution in [-0.4, -0.2) is 37.2 Å². The number of carbonyl (C=O) groups excluding carboxylic acids is 1. The molecular weight excluding hydrogens is 479 g/mol. The van der Waals surface area contributed by atoms with Gasteiger partial charge in [-0.3, -0.25) is 5.21 Å². The Morgan fingerprint density at radius 2 is 1.83 bits per heavy atom. The summed E-state index contributed by atoms with van der Waals surface area (Å²) in [7, 11) is -4.30. The monoisotopic (exact) mass is 502 g/mol. The lowest BCUT2D eigenvalue weighted by atomic mass is 10.00. The number of hydrogen-bond acceptors (Lipinski definition) is 7. The van der Waals surface area contributed by atoms with E-state index in [2.05, 4.69) is 0 Å². The maximum Gasteiger partial charge on any atom is 0.432 e. The van der Waals surface area contributed by atoms with E-state index in [0.717, 1.165) is 15.9 Å². The molecule has 35 heavy (non-hydrogen) atoms. The number of hydrogen-bond donors (Lipinski definition) is 2. The van der Waals surface area contributed by atoms with Crippen molar-refractivity contribution in [3.8, 4) is 17.2 Å². The van der Waals surface area contributed by atoms with Crippen LogP contribution >= 0.6 is 0 Å². The highest BCUT2D eigenvalue weighted by Gasteiger charge is 2.39. The van der Waals surface area contributed by atoms with Gasteiger partial charge in [0.05, 0.1) is 11.5 Å². The van der Waals surface area contributed by atoms with Crippen molar-refractivity contribution in [3.05, 3.63) is 83.7 Å². The second-order valence-electron chi connectivity index (χ2n) is 7.53. The van der Waals surface area contributed by atoms with Crippen LogP contribution in [0.4, 0.5) is 9.18 Å². The van der Waals surface area contributed by atoms with Crippen LogP contribution in [0.25, 0.3) is 0 Å². The van der Waals surface area contributed by atoms with Crippen LogP contribution in [0.2, 0.25) is 0 Å². The number of hydroxylamine groups is 1. The molecule has 184 valence electrons. The van der Waals surface area contributed by atoms with Crippen molar-refractivity contribution in [2.24, 2.45) is 0 Å². The van der Waals surface area contributed by atoms with Crippen molar-refractivity contribution in [1.29, 1.82) is 0 Å². The Labute approximate surface area is 201 Å². The lowest BCUT2D eigenvalue weighted by Gasteiger charge is -2.35. The standard InChI is InChI=1S/C24H23FN2O7S/c1-2-32-17-7-9-18(10-8-17)33-22-12-11-19(15-21(22)25)35(30,31)27-14-13-16-5-3-4-6-20(16)23(27)34-24(28)26-29/h3-12,15,23,29H,2,13-14H2,1H3,(H,26,28). The number of carbonyl (C=O) groups is 1. The van der Waals surface area contributed by atoms with Crippen molar-refractivity contribution >= 4 is 16.1 Å². The predicted molar refractivity (Wildman–Crippen MR) is 122 cm³/mol. The fraction of sp³-hybridized carbons (Fsp3) is 0.208. The maximum atomic E-state index is 14.9. The minimum Gasteiger partial charge on any atom is -0.494 e. The molecule has 1 aliphatic rings. The zero-order chi connectivity index (χ0) is 25.0. The quantitative estimate of drug-likeness (QED) is 0.364. The zero-order valence-electron chi connectivity index (χ0n) is 18.7. The molecule has 1 heterocycles. The van der Waals surface area contributed by atoms with Gasteiger partial charge in [0.15, 0.2) is 17.8 Å². The minimum atomic E-state index is -4.30. The van der Waals surface area contributed by atoms with Crippen LogP contribution in [-0.2, 0) is 21.2 Å². The number of nitrogens with one attached hydrogen (secondary N) is 1. The molecule has 0 saturated heterocycles. The van der Waals surface area contributed by atoms with Gasteiger partial charge in [0.2, 0.25) is 10.0 Å². The van der Waals surface area contributed by atoms with Gasteiger partial charge in [-0.1, -0.05) is 24.3 Å². The highest BCUT2D eigenvalue weighted by molar-refractivity contribution is 7.89. The van der Waals surface area contributed by atoms with E-state index in [9.17, 15) is 17.6 Å². The first-order chi connectivity index (χ1) is 16.8. The molecule has 2 N–H and O–H groups in total. The highest BCUT2D eigenvalue weighted by atomic mass is 32.2. The molecule has 1 amide bonds. The summed E-state index contributed by atoms with van der Waals surface area (Å²) in [5, 5.41) is 8.89. The van der Waals surface area contributed by atoms with Gasteiger partial charge in [0.1, 0.15) is 11.5 Å². The van der Waals surface area contributed by atoms with Crippen molar-refractivity contribution in [3.63, 3.8) is 0 Å².